The van der Waals surface area contributed by atoms with Crippen LogP contribution in [0.3, 0.4) is 0 Å². The number of halogens is 1. The second kappa shape index (κ2) is 7.18. The Morgan fingerprint density at radius 3 is 2.41 bits per heavy atom. The standard InChI is InChI=1S/C21H15ClN2O5/c1-11-12(2)29-18(23-11)10-28-21(27)13-3-8-16-17(9-13)20(26)24(19(16)25)15-6-4-14(22)5-7-15/h3-9H,10H2,1-2H3. The molecule has 0 saturated carbocycles. The molecule has 0 bridgehead atoms. The fraction of sp³-hybridized carbons (Fsp3) is 0.143. The second-order valence-electron chi connectivity index (χ2n) is 6.51. The summed E-state index contributed by atoms with van der Waals surface area (Å²) in [5.41, 5.74) is 1.64. The predicted octanol–water partition coefficient (Wildman–Crippen LogP) is 4.10. The van der Waals surface area contributed by atoms with Crippen LogP contribution in [-0.2, 0) is 11.3 Å². The van der Waals surface area contributed by atoms with Crippen molar-refractivity contribution in [2.45, 2.75) is 20.5 Å². The van der Waals surface area contributed by atoms with Crippen LogP contribution >= 0.6 is 11.6 Å². The first-order valence-corrected chi connectivity index (χ1v) is 9.11. The number of carbonyl (C=O) groups excluding carboxylic acids is 3. The van der Waals surface area contributed by atoms with E-state index in [0.717, 1.165) is 10.6 Å². The highest BCUT2D eigenvalue weighted by molar-refractivity contribution is 6.35. The summed E-state index contributed by atoms with van der Waals surface area (Å²) in [7, 11) is 0. The van der Waals surface area contributed by atoms with Gasteiger partial charge in [0.05, 0.1) is 28.1 Å². The molecular formula is C21H15ClN2O5. The first kappa shape index (κ1) is 18.9. The Bertz CT molecular complexity index is 1130. The maximum absolute atomic E-state index is 12.8. The number of anilines is 1. The van der Waals surface area contributed by atoms with Gasteiger partial charge < -0.3 is 9.15 Å². The van der Waals surface area contributed by atoms with E-state index in [1.54, 1.807) is 38.1 Å². The van der Waals surface area contributed by atoms with Gasteiger partial charge in [0, 0.05) is 5.02 Å². The zero-order chi connectivity index (χ0) is 20.7. The Kier molecular flexibility index (Phi) is 4.68. The van der Waals surface area contributed by atoms with Crippen LogP contribution < -0.4 is 4.90 Å². The van der Waals surface area contributed by atoms with Crippen molar-refractivity contribution in [2.75, 3.05) is 4.90 Å². The lowest BCUT2D eigenvalue weighted by Gasteiger charge is -2.13. The largest absolute Gasteiger partial charge is 0.452 e. The van der Waals surface area contributed by atoms with Gasteiger partial charge in [-0.1, -0.05) is 11.6 Å². The zero-order valence-electron chi connectivity index (χ0n) is 15.6. The molecule has 0 spiro atoms. The number of hydrogen-bond acceptors (Lipinski definition) is 6. The number of hydrogen-bond donors (Lipinski definition) is 0. The molecule has 2 heterocycles. The van der Waals surface area contributed by atoms with E-state index >= 15 is 0 Å². The fourth-order valence-corrected chi connectivity index (χ4v) is 3.13. The average molecular weight is 411 g/mol. The van der Waals surface area contributed by atoms with Gasteiger partial charge in [-0.25, -0.2) is 14.7 Å². The van der Waals surface area contributed by atoms with E-state index in [0.29, 0.717) is 16.5 Å². The van der Waals surface area contributed by atoms with Crippen LogP contribution in [0.1, 0.15) is 48.4 Å². The van der Waals surface area contributed by atoms with Crippen LogP contribution in [0.25, 0.3) is 0 Å². The zero-order valence-corrected chi connectivity index (χ0v) is 16.3. The summed E-state index contributed by atoms with van der Waals surface area (Å²) in [6, 6.07) is 10.6. The molecule has 7 nitrogen and oxygen atoms in total. The monoisotopic (exact) mass is 410 g/mol. The van der Waals surface area contributed by atoms with E-state index in [9.17, 15) is 14.4 Å². The second-order valence-corrected chi connectivity index (χ2v) is 6.94. The van der Waals surface area contributed by atoms with Crippen molar-refractivity contribution in [2.24, 2.45) is 0 Å². The number of benzene rings is 2. The van der Waals surface area contributed by atoms with Gasteiger partial charge in [0.1, 0.15) is 5.76 Å². The van der Waals surface area contributed by atoms with Crippen molar-refractivity contribution < 1.29 is 23.5 Å². The molecule has 0 N–H and O–H groups in total. The summed E-state index contributed by atoms with van der Waals surface area (Å²) in [6.07, 6.45) is 0. The molecule has 0 radical (unpaired) electrons. The molecule has 1 aliphatic heterocycles. The van der Waals surface area contributed by atoms with Gasteiger partial charge in [-0.15, -0.1) is 0 Å². The Balaban J connectivity index is 1.55. The van der Waals surface area contributed by atoms with Gasteiger partial charge in [-0.2, -0.15) is 0 Å². The summed E-state index contributed by atoms with van der Waals surface area (Å²) in [5.74, 6) is -0.681. The van der Waals surface area contributed by atoms with Crippen molar-refractivity contribution in [1.82, 2.24) is 4.98 Å². The van der Waals surface area contributed by atoms with Gasteiger partial charge in [0.15, 0.2) is 6.61 Å². The molecule has 1 aliphatic rings. The van der Waals surface area contributed by atoms with Crippen molar-refractivity contribution in [1.29, 1.82) is 0 Å². The highest BCUT2D eigenvalue weighted by Gasteiger charge is 2.37. The number of aryl methyl sites for hydroxylation is 2. The lowest BCUT2D eigenvalue weighted by atomic mass is 10.1. The van der Waals surface area contributed by atoms with Gasteiger partial charge in [0.25, 0.3) is 11.8 Å². The summed E-state index contributed by atoms with van der Waals surface area (Å²) < 4.78 is 10.6. The van der Waals surface area contributed by atoms with Gasteiger partial charge in [-0.3, -0.25) is 9.59 Å². The number of ether oxygens (including phenoxy) is 1. The SMILES string of the molecule is Cc1nc(COC(=O)c2ccc3c(c2)C(=O)N(c2ccc(Cl)cc2)C3=O)oc1C. The van der Waals surface area contributed by atoms with E-state index < -0.39 is 17.8 Å². The molecule has 0 aliphatic carbocycles. The molecule has 8 heteroatoms. The molecule has 0 atom stereocenters. The molecule has 2 amide bonds. The Labute approximate surface area is 170 Å². The minimum Gasteiger partial charge on any atom is -0.452 e. The van der Waals surface area contributed by atoms with Crippen molar-refractivity contribution in [3.8, 4) is 0 Å². The summed E-state index contributed by atoms with van der Waals surface area (Å²) in [4.78, 5) is 43.0. The topological polar surface area (TPSA) is 89.7 Å². The Morgan fingerprint density at radius 2 is 1.76 bits per heavy atom. The maximum atomic E-state index is 12.8. The van der Waals surface area contributed by atoms with Gasteiger partial charge >= 0.3 is 5.97 Å². The van der Waals surface area contributed by atoms with E-state index in [1.807, 2.05) is 0 Å². The molecule has 0 saturated heterocycles. The lowest BCUT2D eigenvalue weighted by molar-refractivity contribution is 0.0436. The third-order valence-corrected chi connectivity index (χ3v) is 4.86. The number of imide groups is 1. The van der Waals surface area contributed by atoms with Crippen LogP contribution in [0.4, 0.5) is 5.69 Å². The number of esters is 1. The third kappa shape index (κ3) is 3.40. The first-order chi connectivity index (χ1) is 13.8. The lowest BCUT2D eigenvalue weighted by Crippen LogP contribution is -2.29. The highest BCUT2D eigenvalue weighted by Crippen LogP contribution is 2.30. The van der Waals surface area contributed by atoms with Crippen LogP contribution in [0, 0.1) is 13.8 Å². The number of rotatable bonds is 4. The van der Waals surface area contributed by atoms with Gasteiger partial charge in [0.2, 0.25) is 5.89 Å². The maximum Gasteiger partial charge on any atom is 0.338 e. The molecule has 29 heavy (non-hydrogen) atoms. The quantitative estimate of drug-likeness (QED) is 0.475. The van der Waals surface area contributed by atoms with E-state index in [2.05, 4.69) is 4.98 Å². The number of carbonyl (C=O) groups is 3. The highest BCUT2D eigenvalue weighted by atomic mass is 35.5. The average Bonchev–Trinajstić information content (AvgIpc) is 3.16. The summed E-state index contributed by atoms with van der Waals surface area (Å²) >= 11 is 5.87. The smallest absolute Gasteiger partial charge is 0.338 e. The Hall–Kier alpha value is -3.45. The van der Waals surface area contributed by atoms with Crippen molar-refractivity contribution >= 4 is 35.1 Å². The minimum atomic E-state index is -0.647. The molecule has 146 valence electrons. The first-order valence-electron chi connectivity index (χ1n) is 8.73. The molecule has 2 aromatic carbocycles. The van der Waals surface area contributed by atoms with Crippen LogP contribution in [-0.4, -0.2) is 22.8 Å². The van der Waals surface area contributed by atoms with Crippen molar-refractivity contribution in [3.05, 3.63) is 81.5 Å². The molecule has 0 fully saturated rings. The molecule has 1 aromatic heterocycles. The minimum absolute atomic E-state index is 0.131. The number of amides is 2. The van der Waals surface area contributed by atoms with E-state index in [-0.39, 0.29) is 29.2 Å². The molecule has 0 unspecified atom stereocenters. The van der Waals surface area contributed by atoms with Crippen LogP contribution in [0.15, 0.2) is 46.9 Å². The summed E-state index contributed by atoms with van der Waals surface area (Å²) in [6.45, 7) is 3.43. The molecule has 3 aromatic rings. The summed E-state index contributed by atoms with van der Waals surface area (Å²) in [5, 5.41) is 0.492. The normalized spacial score (nSPS) is 13.0. The van der Waals surface area contributed by atoms with Crippen molar-refractivity contribution in [3.63, 3.8) is 0 Å². The van der Waals surface area contributed by atoms with Gasteiger partial charge in [-0.05, 0) is 56.3 Å². The number of aromatic nitrogens is 1. The Morgan fingerprint density at radius 1 is 1.07 bits per heavy atom. The van der Waals surface area contributed by atoms with E-state index in [4.69, 9.17) is 20.8 Å². The molecule has 4 rings (SSSR count). The molecular weight excluding hydrogens is 396 g/mol. The number of fused-ring (bicyclic) bond motifs is 1. The van der Waals surface area contributed by atoms with Crippen LogP contribution in [0.5, 0.6) is 0 Å². The fourth-order valence-electron chi connectivity index (χ4n) is 3.00. The third-order valence-electron chi connectivity index (χ3n) is 4.61. The number of oxazole rings is 1. The predicted molar refractivity (Wildman–Crippen MR) is 104 cm³/mol. The number of nitrogens with zero attached hydrogens (tertiary/aromatic N) is 2. The van der Waals surface area contributed by atoms with E-state index in [1.165, 1.54) is 18.2 Å². The van der Waals surface area contributed by atoms with Crippen LogP contribution in [0.2, 0.25) is 5.02 Å².